The maximum absolute atomic E-state index is 12.2. The minimum Gasteiger partial charge on any atom is -0.497 e. The number of hydrogen-bond acceptors (Lipinski definition) is 7. The summed E-state index contributed by atoms with van der Waals surface area (Å²) in [7, 11) is 1.57. The van der Waals surface area contributed by atoms with Gasteiger partial charge in [0, 0.05) is 30.0 Å². The molecule has 0 saturated carbocycles. The van der Waals surface area contributed by atoms with Gasteiger partial charge in [0.05, 0.1) is 13.7 Å². The van der Waals surface area contributed by atoms with Crippen LogP contribution in [0.3, 0.4) is 0 Å². The van der Waals surface area contributed by atoms with Crippen LogP contribution in [0, 0.1) is 0 Å². The number of carboxylic acids is 1. The summed E-state index contributed by atoms with van der Waals surface area (Å²) in [6.07, 6.45) is -5.22. The van der Waals surface area contributed by atoms with Crippen molar-refractivity contribution in [3.63, 3.8) is 0 Å². The Morgan fingerprint density at radius 3 is 2.10 bits per heavy atom. The quantitative estimate of drug-likeness (QED) is 0.189. The largest absolute Gasteiger partial charge is 0.497 e. The molecular weight excluding hydrogens is 547 g/mol. The molecule has 6 N–H and O–H groups in total. The topological polar surface area (TPSA) is 149 Å². The molecule has 0 aliphatic carbocycles. The Kier molecular flexibility index (Phi) is 13.4. The summed E-state index contributed by atoms with van der Waals surface area (Å²) in [5.74, 6) is -1.40. The molecule has 222 valence electrons. The first kappa shape index (κ1) is 32.9. The van der Waals surface area contributed by atoms with Gasteiger partial charge in [-0.05, 0) is 48.4 Å². The van der Waals surface area contributed by atoms with E-state index in [2.05, 4.69) is 16.0 Å². The number of aliphatic carboxylic acids is 1. The van der Waals surface area contributed by atoms with Crippen molar-refractivity contribution in [2.24, 2.45) is 0 Å². The molecule has 0 heterocycles. The highest BCUT2D eigenvalue weighted by Crippen LogP contribution is 2.18. The van der Waals surface area contributed by atoms with Crippen LogP contribution in [0.1, 0.15) is 5.56 Å². The van der Waals surface area contributed by atoms with E-state index in [4.69, 9.17) is 19.4 Å². The molecule has 0 saturated heterocycles. The molecule has 13 heteroatoms. The molecule has 2 atom stereocenters. The predicted molar refractivity (Wildman–Crippen MR) is 146 cm³/mol. The van der Waals surface area contributed by atoms with E-state index in [-0.39, 0.29) is 25.3 Å². The number of anilines is 2. The maximum atomic E-state index is 12.2. The number of methoxy groups -OCH3 is 1. The number of para-hydroxylation sites is 1. The molecule has 0 bridgehead atoms. The molecule has 0 aromatic heterocycles. The number of urea groups is 1. The third-order valence-corrected chi connectivity index (χ3v) is 5.31. The molecule has 0 fully saturated rings. The third-order valence-electron chi connectivity index (χ3n) is 5.31. The number of carboxylic acid groups (broad SMARTS) is 1. The van der Waals surface area contributed by atoms with E-state index in [1.165, 1.54) is 0 Å². The monoisotopic (exact) mass is 579 g/mol. The number of alkyl halides is 3. The van der Waals surface area contributed by atoms with Crippen molar-refractivity contribution in [3.05, 3.63) is 84.4 Å². The number of hydrogen-bond donors (Lipinski definition) is 6. The Morgan fingerprint density at radius 1 is 0.902 bits per heavy atom. The minimum atomic E-state index is -5.08. The minimum absolute atomic E-state index is 0.0742. The average molecular weight is 580 g/mol. The Bertz CT molecular complexity index is 1210. The number of amides is 2. The van der Waals surface area contributed by atoms with Crippen LogP contribution in [0.5, 0.6) is 11.5 Å². The average Bonchev–Trinajstić information content (AvgIpc) is 2.95. The van der Waals surface area contributed by atoms with Gasteiger partial charge in [-0.15, -0.1) is 0 Å². The molecule has 0 spiro atoms. The van der Waals surface area contributed by atoms with E-state index in [0.29, 0.717) is 35.8 Å². The van der Waals surface area contributed by atoms with Crippen LogP contribution < -0.4 is 25.4 Å². The number of benzene rings is 3. The van der Waals surface area contributed by atoms with Crippen LogP contribution in [-0.2, 0) is 11.2 Å². The molecule has 3 aromatic rings. The molecule has 2 amide bonds. The molecule has 0 unspecified atom stereocenters. The van der Waals surface area contributed by atoms with E-state index >= 15 is 0 Å². The van der Waals surface area contributed by atoms with Gasteiger partial charge in [0.1, 0.15) is 24.2 Å². The van der Waals surface area contributed by atoms with Crippen molar-refractivity contribution in [2.45, 2.75) is 24.7 Å². The van der Waals surface area contributed by atoms with Gasteiger partial charge in [-0.1, -0.05) is 36.4 Å². The van der Waals surface area contributed by atoms with Crippen molar-refractivity contribution in [1.29, 1.82) is 0 Å². The van der Waals surface area contributed by atoms with E-state index in [1.807, 2.05) is 42.5 Å². The van der Waals surface area contributed by atoms with Gasteiger partial charge in [0.15, 0.2) is 0 Å². The molecule has 41 heavy (non-hydrogen) atoms. The lowest BCUT2D eigenvalue weighted by atomic mass is 10.1. The molecule has 3 rings (SSSR count). The van der Waals surface area contributed by atoms with Gasteiger partial charge >= 0.3 is 18.2 Å². The number of ether oxygens (including phenoxy) is 2. The highest BCUT2D eigenvalue weighted by molar-refractivity contribution is 5.99. The first-order chi connectivity index (χ1) is 19.5. The van der Waals surface area contributed by atoms with Gasteiger partial charge in [0.2, 0.25) is 0 Å². The molecule has 10 nitrogen and oxygen atoms in total. The van der Waals surface area contributed by atoms with Crippen LogP contribution in [0.15, 0.2) is 78.9 Å². The zero-order valence-corrected chi connectivity index (χ0v) is 22.1. The van der Waals surface area contributed by atoms with Gasteiger partial charge < -0.3 is 40.7 Å². The fraction of sp³-hybridized carbons (Fsp3) is 0.286. The standard InChI is InChI=1S/C26H31N3O5.C2HF3O2/c1-33-25-9-5-6-21(15-25)29-26(32)28-20-12-10-19(11-13-20)14-22(17-30)27-16-23(31)18-34-24-7-3-2-4-8-24;3-2(4,5)1(6)7/h2-13,15,22-23,27,30-31H,14,16-18H2,1H3,(H2,28,29,32);(H,6,7)/t22-,23-;/m0./s1. The second-order valence-electron chi connectivity index (χ2n) is 8.58. The first-order valence-electron chi connectivity index (χ1n) is 12.3. The van der Waals surface area contributed by atoms with E-state index in [0.717, 1.165) is 5.56 Å². The fourth-order valence-electron chi connectivity index (χ4n) is 3.27. The molecule has 0 aliphatic heterocycles. The van der Waals surface area contributed by atoms with Crippen molar-refractivity contribution >= 4 is 23.4 Å². The second kappa shape index (κ2) is 16.7. The smallest absolute Gasteiger partial charge is 0.490 e. The van der Waals surface area contributed by atoms with Crippen LogP contribution in [0.25, 0.3) is 0 Å². The highest BCUT2D eigenvalue weighted by atomic mass is 19.4. The summed E-state index contributed by atoms with van der Waals surface area (Å²) < 4.78 is 42.4. The van der Waals surface area contributed by atoms with Gasteiger partial charge in [-0.25, -0.2) is 9.59 Å². The Balaban J connectivity index is 0.000000745. The van der Waals surface area contributed by atoms with Crippen LogP contribution in [0.4, 0.5) is 29.3 Å². The van der Waals surface area contributed by atoms with E-state index in [1.54, 1.807) is 43.5 Å². The summed E-state index contributed by atoms with van der Waals surface area (Å²) in [4.78, 5) is 21.1. The van der Waals surface area contributed by atoms with Crippen LogP contribution in [0.2, 0.25) is 0 Å². The van der Waals surface area contributed by atoms with Gasteiger partial charge in [-0.2, -0.15) is 13.2 Å². The SMILES string of the molecule is COc1cccc(NC(=O)Nc2ccc(C[C@@H](CO)NC[C@H](O)COc3ccccc3)cc2)c1.O=C(O)C(F)(F)F. The Morgan fingerprint density at radius 2 is 1.51 bits per heavy atom. The number of halogens is 3. The number of aliphatic hydroxyl groups excluding tert-OH is 2. The van der Waals surface area contributed by atoms with Gasteiger partial charge in [-0.3, -0.25) is 0 Å². The predicted octanol–water partition coefficient (Wildman–Crippen LogP) is 3.91. The lowest BCUT2D eigenvalue weighted by molar-refractivity contribution is -0.192. The molecule has 0 aliphatic rings. The molecule has 3 aromatic carbocycles. The first-order valence-corrected chi connectivity index (χ1v) is 12.3. The van der Waals surface area contributed by atoms with Crippen LogP contribution >= 0.6 is 0 Å². The van der Waals surface area contributed by atoms with Gasteiger partial charge in [0.25, 0.3) is 0 Å². The number of nitrogens with one attached hydrogen (secondary N) is 3. The van der Waals surface area contributed by atoms with Crippen molar-refractivity contribution in [2.75, 3.05) is 37.5 Å². The highest BCUT2D eigenvalue weighted by Gasteiger charge is 2.38. The van der Waals surface area contributed by atoms with Crippen LogP contribution in [-0.4, -0.2) is 72.5 Å². The number of aliphatic hydroxyl groups is 2. The third kappa shape index (κ3) is 13.0. The van der Waals surface area contributed by atoms with Crippen molar-refractivity contribution < 1.29 is 47.6 Å². The summed E-state index contributed by atoms with van der Waals surface area (Å²) in [5, 5.41) is 35.7. The summed E-state index contributed by atoms with van der Waals surface area (Å²) >= 11 is 0. The maximum Gasteiger partial charge on any atom is 0.490 e. The number of carbonyl (C=O) groups is 2. The summed E-state index contributed by atoms with van der Waals surface area (Å²) in [6, 6.07) is 23.2. The number of carbonyl (C=O) groups excluding carboxylic acids is 1. The van der Waals surface area contributed by atoms with Crippen molar-refractivity contribution in [1.82, 2.24) is 5.32 Å². The van der Waals surface area contributed by atoms with E-state index < -0.39 is 18.2 Å². The molecule has 0 radical (unpaired) electrons. The normalized spacial score (nSPS) is 12.2. The lowest BCUT2D eigenvalue weighted by Gasteiger charge is -2.19. The van der Waals surface area contributed by atoms with Crippen molar-refractivity contribution in [3.8, 4) is 11.5 Å². The summed E-state index contributed by atoms with van der Waals surface area (Å²) in [6.45, 7) is 0.380. The summed E-state index contributed by atoms with van der Waals surface area (Å²) in [5.41, 5.74) is 2.26. The Hall–Kier alpha value is -4.33. The number of rotatable bonds is 12. The fourth-order valence-corrected chi connectivity index (χ4v) is 3.27. The van der Waals surface area contributed by atoms with E-state index in [9.17, 15) is 28.2 Å². The zero-order chi connectivity index (χ0) is 30.3. The Labute approximate surface area is 234 Å². The molecular formula is C28H32F3N3O7. The zero-order valence-electron chi connectivity index (χ0n) is 22.1. The second-order valence-corrected chi connectivity index (χ2v) is 8.58. The lowest BCUT2D eigenvalue weighted by Crippen LogP contribution is -2.41.